The van der Waals surface area contributed by atoms with E-state index >= 15 is 0 Å². The van der Waals surface area contributed by atoms with Crippen molar-refractivity contribution < 1.29 is 13.5 Å². The van der Waals surface area contributed by atoms with Crippen molar-refractivity contribution in [1.29, 1.82) is 0 Å². The summed E-state index contributed by atoms with van der Waals surface area (Å²) in [6.07, 6.45) is 15.6. The van der Waals surface area contributed by atoms with Crippen LogP contribution in [0.3, 0.4) is 0 Å². The van der Waals surface area contributed by atoms with Gasteiger partial charge in [-0.2, -0.15) is 0 Å². The Bertz CT molecular complexity index is 816. The van der Waals surface area contributed by atoms with Gasteiger partial charge in [-0.05, 0) is 119 Å². The molecule has 2 aliphatic heterocycles. The van der Waals surface area contributed by atoms with E-state index in [-0.39, 0.29) is 23.8 Å². The highest BCUT2D eigenvalue weighted by molar-refractivity contribution is 7.89. The summed E-state index contributed by atoms with van der Waals surface area (Å²) in [7, 11) is -3.26. The second kappa shape index (κ2) is 11.5. The van der Waals surface area contributed by atoms with Gasteiger partial charge in [0.1, 0.15) is 0 Å². The second-order valence-corrected chi connectivity index (χ2v) is 16.0. The van der Waals surface area contributed by atoms with E-state index in [2.05, 4.69) is 25.7 Å². The van der Waals surface area contributed by atoms with Crippen molar-refractivity contribution >= 4 is 10.0 Å². The first-order chi connectivity index (χ1) is 17.3. The number of aliphatic hydroxyl groups is 1. The molecule has 5 nitrogen and oxygen atoms in total. The van der Waals surface area contributed by atoms with Gasteiger partial charge in [0.15, 0.2) is 0 Å². The molecule has 0 amide bonds. The Labute approximate surface area is 221 Å². The van der Waals surface area contributed by atoms with Crippen molar-refractivity contribution in [2.45, 2.75) is 122 Å². The van der Waals surface area contributed by atoms with Crippen LogP contribution in [0.2, 0.25) is 0 Å². The van der Waals surface area contributed by atoms with E-state index in [0.29, 0.717) is 31.0 Å². The minimum Gasteiger partial charge on any atom is -0.395 e. The SMILES string of the molecule is CC1CC(C)CC(C2CCC([C@H]3C4CN(S(=O)(=O)C5CCCCC5C)CCCCN4[C@@H]3CO)CC2)C1. The number of fused-ring (bicyclic) bond motifs is 1. The number of nitrogens with zero attached hydrogens (tertiary/aromatic N) is 2. The quantitative estimate of drug-likeness (QED) is 0.516. The second-order valence-electron chi connectivity index (χ2n) is 13.9. The summed E-state index contributed by atoms with van der Waals surface area (Å²) in [6.45, 7) is 9.65. The summed E-state index contributed by atoms with van der Waals surface area (Å²) in [5.41, 5.74) is 0. The monoisotopic (exact) mass is 522 g/mol. The summed E-state index contributed by atoms with van der Waals surface area (Å²) < 4.78 is 29.6. The molecule has 6 heteroatoms. The standard InChI is InChI=1S/C30H54N2O3S/c1-21-16-22(2)18-26(17-21)24-10-12-25(13-11-24)30-27-19-31(14-6-7-15-32(27)28(30)20-33)36(34,35)29-9-5-4-8-23(29)3/h21-30,33H,4-20H2,1-3H3/t21?,22?,23?,24?,25?,26?,27?,28-,29?,30+/m1/s1. The lowest BCUT2D eigenvalue weighted by atomic mass is 9.61. The molecule has 5 rings (SSSR count). The fourth-order valence-corrected chi connectivity index (χ4v) is 12.0. The van der Waals surface area contributed by atoms with Gasteiger partial charge in [0, 0.05) is 25.2 Å². The van der Waals surface area contributed by atoms with Crippen LogP contribution in [0.1, 0.15) is 104 Å². The van der Waals surface area contributed by atoms with Crippen LogP contribution in [-0.4, -0.2) is 66.3 Å². The molecular weight excluding hydrogens is 468 g/mol. The molecule has 0 bridgehead atoms. The lowest BCUT2D eigenvalue weighted by Gasteiger charge is -2.60. The predicted molar refractivity (Wildman–Crippen MR) is 147 cm³/mol. The van der Waals surface area contributed by atoms with Gasteiger partial charge in [-0.3, -0.25) is 4.90 Å². The average Bonchev–Trinajstić information content (AvgIpc) is 2.83. The smallest absolute Gasteiger partial charge is 0.217 e. The highest BCUT2D eigenvalue weighted by atomic mass is 32.2. The molecule has 0 aromatic rings. The van der Waals surface area contributed by atoms with E-state index in [0.717, 1.165) is 62.3 Å². The van der Waals surface area contributed by atoms with Crippen LogP contribution in [0.4, 0.5) is 0 Å². The lowest BCUT2D eigenvalue weighted by molar-refractivity contribution is -0.123. The van der Waals surface area contributed by atoms with E-state index in [1.54, 1.807) is 0 Å². The maximum absolute atomic E-state index is 13.9. The van der Waals surface area contributed by atoms with Gasteiger partial charge in [-0.15, -0.1) is 0 Å². The maximum Gasteiger partial charge on any atom is 0.217 e. The predicted octanol–water partition coefficient (Wildman–Crippen LogP) is 5.53. The first-order valence-corrected chi connectivity index (χ1v) is 17.2. The number of hydrogen-bond acceptors (Lipinski definition) is 4. The molecule has 0 spiro atoms. The van der Waals surface area contributed by atoms with Crippen LogP contribution in [0.25, 0.3) is 0 Å². The average molecular weight is 523 g/mol. The molecule has 1 N–H and O–H groups in total. The molecule has 0 radical (unpaired) electrons. The summed E-state index contributed by atoms with van der Waals surface area (Å²) >= 11 is 0. The fraction of sp³-hybridized carbons (Fsp3) is 1.00. The number of sulfonamides is 1. The molecule has 0 aromatic carbocycles. The number of rotatable bonds is 5. The van der Waals surface area contributed by atoms with Gasteiger partial charge >= 0.3 is 0 Å². The number of aliphatic hydroxyl groups excluding tert-OH is 1. The summed E-state index contributed by atoms with van der Waals surface area (Å²) in [5, 5.41) is 10.2. The summed E-state index contributed by atoms with van der Waals surface area (Å²) in [5.74, 6) is 4.94. The van der Waals surface area contributed by atoms with Crippen LogP contribution < -0.4 is 0 Å². The van der Waals surface area contributed by atoms with Crippen LogP contribution >= 0.6 is 0 Å². The third-order valence-electron chi connectivity index (χ3n) is 11.4. The zero-order valence-corrected chi connectivity index (χ0v) is 24.2. The van der Waals surface area contributed by atoms with E-state index < -0.39 is 10.0 Å². The molecule has 208 valence electrons. The Kier molecular flexibility index (Phi) is 8.77. The van der Waals surface area contributed by atoms with Gasteiger partial charge in [0.05, 0.1) is 11.9 Å². The highest BCUT2D eigenvalue weighted by Gasteiger charge is 2.53. The van der Waals surface area contributed by atoms with Crippen molar-refractivity contribution in [1.82, 2.24) is 9.21 Å². The van der Waals surface area contributed by atoms with Crippen molar-refractivity contribution in [3.8, 4) is 0 Å². The summed E-state index contributed by atoms with van der Waals surface area (Å²) in [4.78, 5) is 2.49. The Morgan fingerprint density at radius 3 is 2.06 bits per heavy atom. The van der Waals surface area contributed by atoms with Crippen molar-refractivity contribution in [3.63, 3.8) is 0 Å². The minimum absolute atomic E-state index is 0.193. The molecule has 2 saturated heterocycles. The molecule has 5 unspecified atom stereocenters. The minimum atomic E-state index is -3.26. The molecule has 5 aliphatic rings. The summed E-state index contributed by atoms with van der Waals surface area (Å²) in [6, 6.07) is 0.537. The van der Waals surface area contributed by atoms with Gasteiger partial charge < -0.3 is 5.11 Å². The first-order valence-electron chi connectivity index (χ1n) is 15.6. The number of hydrogen-bond donors (Lipinski definition) is 1. The van der Waals surface area contributed by atoms with Crippen molar-refractivity contribution in [2.75, 3.05) is 26.2 Å². The zero-order chi connectivity index (χ0) is 25.4. The van der Waals surface area contributed by atoms with Crippen LogP contribution in [-0.2, 0) is 10.0 Å². The fourth-order valence-electron chi connectivity index (χ4n) is 9.68. The normalized spacial score (nSPS) is 45.8. The van der Waals surface area contributed by atoms with Gasteiger partial charge in [-0.1, -0.05) is 33.6 Å². The van der Waals surface area contributed by atoms with Gasteiger partial charge in [0.25, 0.3) is 0 Å². The Morgan fingerprint density at radius 1 is 0.750 bits per heavy atom. The third-order valence-corrected chi connectivity index (χ3v) is 13.9. The molecule has 36 heavy (non-hydrogen) atoms. The molecule has 3 saturated carbocycles. The highest BCUT2D eigenvalue weighted by Crippen LogP contribution is 2.49. The Balaban J connectivity index is 1.26. The topological polar surface area (TPSA) is 60.9 Å². The maximum atomic E-state index is 13.9. The van der Waals surface area contributed by atoms with Crippen molar-refractivity contribution in [3.05, 3.63) is 0 Å². The van der Waals surface area contributed by atoms with Crippen LogP contribution in [0.5, 0.6) is 0 Å². The molecule has 3 aliphatic carbocycles. The molecule has 5 fully saturated rings. The van der Waals surface area contributed by atoms with Gasteiger partial charge in [0.2, 0.25) is 10.0 Å². The molecule has 0 aromatic heterocycles. The third kappa shape index (κ3) is 5.45. The van der Waals surface area contributed by atoms with Crippen molar-refractivity contribution in [2.24, 2.45) is 41.4 Å². The Hall–Kier alpha value is -0.170. The Morgan fingerprint density at radius 2 is 1.39 bits per heavy atom. The molecule has 7 atom stereocenters. The largest absolute Gasteiger partial charge is 0.395 e. The lowest BCUT2D eigenvalue weighted by Crippen LogP contribution is -2.71. The zero-order valence-electron chi connectivity index (χ0n) is 23.4. The molecule has 2 heterocycles. The van der Waals surface area contributed by atoms with E-state index in [1.165, 1.54) is 51.4 Å². The first kappa shape index (κ1) is 27.4. The van der Waals surface area contributed by atoms with E-state index in [9.17, 15) is 13.5 Å². The van der Waals surface area contributed by atoms with Crippen LogP contribution in [0, 0.1) is 41.4 Å². The van der Waals surface area contributed by atoms with E-state index in [4.69, 9.17) is 0 Å². The van der Waals surface area contributed by atoms with E-state index in [1.807, 2.05) is 4.31 Å². The molecular formula is C30H54N2O3S. The van der Waals surface area contributed by atoms with Crippen LogP contribution in [0.15, 0.2) is 0 Å². The van der Waals surface area contributed by atoms with Gasteiger partial charge in [-0.25, -0.2) is 12.7 Å².